The third-order valence-electron chi connectivity index (χ3n) is 6.28. The Kier molecular flexibility index (Phi) is 25.4. The number of nitrogens with zero attached hydrogens (tertiary/aromatic N) is 1. The Bertz CT molecular complexity index is 339. The van der Waals surface area contributed by atoms with Crippen LogP contribution in [-0.4, -0.2) is 29.5 Å². The molecule has 0 saturated carbocycles. The normalized spacial score (nSPS) is 13.2. The molecule has 0 N–H and O–H groups in total. The topological polar surface area (TPSA) is 43.4 Å². The van der Waals surface area contributed by atoms with E-state index in [1.165, 1.54) is 77.0 Å². The number of carbonyl (C=O) groups excluding carboxylic acids is 1. The van der Waals surface area contributed by atoms with Crippen molar-refractivity contribution in [2.24, 2.45) is 0 Å². The number of rotatable bonds is 22. The second-order valence-corrected chi connectivity index (χ2v) is 9.04. The first-order valence-electron chi connectivity index (χ1n) is 13.1. The Morgan fingerprint density at radius 2 is 0.967 bits per heavy atom. The van der Waals surface area contributed by atoms with E-state index in [-0.39, 0.29) is 25.4 Å². The van der Waals surface area contributed by atoms with E-state index in [0.29, 0.717) is 12.1 Å². The van der Waals surface area contributed by atoms with Crippen molar-refractivity contribution in [3.8, 4) is 0 Å². The van der Waals surface area contributed by atoms with Crippen LogP contribution in [0.25, 0.3) is 0 Å². The number of carboxylic acids is 1. The van der Waals surface area contributed by atoms with Crippen molar-refractivity contribution in [3.63, 3.8) is 0 Å². The fourth-order valence-electron chi connectivity index (χ4n) is 4.64. The Morgan fingerprint density at radius 1 is 0.600 bits per heavy atom. The molecule has 0 spiro atoms. The van der Waals surface area contributed by atoms with Crippen LogP contribution in [0.5, 0.6) is 0 Å². The fraction of sp³-hybridized carbons (Fsp3) is 0.962. The number of hydrogen-bond donors (Lipinski definition) is 0. The average molecular weight is 418 g/mol. The summed E-state index contributed by atoms with van der Waals surface area (Å²) in [4.78, 5) is 13.9. The molecule has 0 rings (SSSR count). The van der Waals surface area contributed by atoms with E-state index in [1.807, 2.05) is 0 Å². The predicted molar refractivity (Wildman–Crippen MR) is 125 cm³/mol. The smallest absolute Gasteiger partial charge is 0.549 e. The van der Waals surface area contributed by atoms with E-state index < -0.39 is 5.97 Å². The van der Waals surface area contributed by atoms with Crippen molar-refractivity contribution >= 4 is 5.97 Å². The monoisotopic (exact) mass is 417 g/mol. The Hall–Kier alpha value is 0.0274. The van der Waals surface area contributed by atoms with Crippen LogP contribution in [0.4, 0.5) is 0 Å². The minimum Gasteiger partial charge on any atom is -0.549 e. The van der Waals surface area contributed by atoms with Gasteiger partial charge in [-0.25, -0.2) is 0 Å². The minimum absolute atomic E-state index is 0. The van der Waals surface area contributed by atoms with Gasteiger partial charge in [-0.05, 0) is 25.7 Å². The van der Waals surface area contributed by atoms with E-state index in [0.717, 1.165) is 38.5 Å². The molecule has 0 aromatic carbocycles. The number of unbranched alkanes of at least 4 members (excludes halogenated alkanes) is 10. The van der Waals surface area contributed by atoms with Gasteiger partial charge in [0.05, 0.1) is 5.97 Å². The first-order chi connectivity index (χ1) is 14.1. The van der Waals surface area contributed by atoms with Crippen LogP contribution in [0, 0.1) is 0 Å². The third-order valence-corrected chi connectivity index (χ3v) is 6.28. The second kappa shape index (κ2) is 23.7. The number of carboxylic acid groups (broad SMARTS) is 1. The molecule has 30 heavy (non-hydrogen) atoms. The molecule has 0 saturated heterocycles. The molecule has 0 aromatic heterocycles. The maximum Gasteiger partial charge on any atom is 1.00 e. The van der Waals surface area contributed by atoms with Crippen LogP contribution in [0.2, 0.25) is 0 Å². The maximum absolute atomic E-state index is 11.6. The van der Waals surface area contributed by atoms with Crippen LogP contribution < -0.4 is 24.0 Å². The molecule has 0 heterocycles. The summed E-state index contributed by atoms with van der Waals surface area (Å²) >= 11 is 0. The predicted octanol–water partition coefficient (Wildman–Crippen LogP) is 3.88. The minimum atomic E-state index is -0.905. The summed E-state index contributed by atoms with van der Waals surface area (Å²) in [5.41, 5.74) is 0. The second-order valence-electron chi connectivity index (χ2n) is 9.04. The third kappa shape index (κ3) is 17.7. The van der Waals surface area contributed by atoms with Gasteiger partial charge in [0.15, 0.2) is 0 Å². The summed E-state index contributed by atoms with van der Waals surface area (Å²) in [5.74, 6) is -0.905. The van der Waals surface area contributed by atoms with Crippen LogP contribution in [0.1, 0.15) is 143 Å². The van der Waals surface area contributed by atoms with Crippen LogP contribution in [0.3, 0.4) is 0 Å². The van der Waals surface area contributed by atoms with Gasteiger partial charge in [-0.1, -0.05) is 118 Å². The van der Waals surface area contributed by atoms with Gasteiger partial charge < -0.3 is 9.90 Å². The zero-order chi connectivity index (χ0) is 21.7. The Labute approximate surface area is 201 Å². The van der Waals surface area contributed by atoms with Crippen molar-refractivity contribution < 1.29 is 28.8 Å². The first kappa shape index (κ1) is 32.2. The molecule has 0 aliphatic rings. The molecule has 3 nitrogen and oxygen atoms in total. The van der Waals surface area contributed by atoms with Gasteiger partial charge in [0, 0.05) is 18.6 Å². The van der Waals surface area contributed by atoms with Gasteiger partial charge in [0.1, 0.15) is 0 Å². The van der Waals surface area contributed by atoms with Crippen molar-refractivity contribution in [1.82, 2.24) is 4.90 Å². The molecule has 0 aromatic rings. The van der Waals surface area contributed by atoms with Gasteiger partial charge >= 0.3 is 18.9 Å². The zero-order valence-corrected chi connectivity index (χ0v) is 21.4. The van der Waals surface area contributed by atoms with Gasteiger partial charge in [-0.3, -0.25) is 4.90 Å². The largest absolute Gasteiger partial charge is 1.00 e. The summed E-state index contributed by atoms with van der Waals surface area (Å²) in [6.45, 7) is 9.09. The van der Waals surface area contributed by atoms with E-state index in [4.69, 9.17) is 0 Å². The molecule has 2 unspecified atom stereocenters. The molecule has 0 amide bonds. The molecular weight excluding hydrogens is 365 g/mol. The summed E-state index contributed by atoms with van der Waals surface area (Å²) in [7, 11) is 0. The van der Waals surface area contributed by atoms with Gasteiger partial charge in [-0.2, -0.15) is 0 Å². The van der Waals surface area contributed by atoms with Crippen LogP contribution >= 0.6 is 0 Å². The fourth-order valence-corrected chi connectivity index (χ4v) is 4.64. The quantitative estimate of drug-likeness (QED) is 0.198. The Morgan fingerprint density at radius 3 is 1.30 bits per heavy atom. The molecule has 4 heteroatoms. The molecular formula is C26H52LiNO2. The van der Waals surface area contributed by atoms with Crippen molar-refractivity contribution in [3.05, 3.63) is 0 Å². The number of aliphatic carboxylic acids is 1. The number of hydrogen-bond acceptors (Lipinski definition) is 3. The molecule has 174 valence electrons. The van der Waals surface area contributed by atoms with E-state index >= 15 is 0 Å². The van der Waals surface area contributed by atoms with E-state index in [1.54, 1.807) is 0 Å². The molecule has 0 bridgehead atoms. The molecule has 0 radical (unpaired) electrons. The molecule has 0 aliphatic carbocycles. The summed E-state index contributed by atoms with van der Waals surface area (Å²) in [6, 6.07) is 0.807. The first-order valence-corrected chi connectivity index (χ1v) is 13.1. The van der Waals surface area contributed by atoms with Gasteiger partial charge in [-0.15, -0.1) is 0 Å². The summed E-state index contributed by atoms with van der Waals surface area (Å²) in [6.07, 6.45) is 22.4. The van der Waals surface area contributed by atoms with Crippen LogP contribution in [0.15, 0.2) is 0 Å². The molecule has 0 fully saturated rings. The van der Waals surface area contributed by atoms with Crippen molar-refractivity contribution in [2.45, 2.75) is 155 Å². The van der Waals surface area contributed by atoms with Crippen molar-refractivity contribution in [2.75, 3.05) is 6.54 Å². The Balaban J connectivity index is 0. The molecule has 2 atom stereocenters. The van der Waals surface area contributed by atoms with E-state index in [2.05, 4.69) is 32.6 Å². The summed E-state index contributed by atoms with van der Waals surface area (Å²) in [5, 5.41) is 11.6. The van der Waals surface area contributed by atoms with Gasteiger partial charge in [0.25, 0.3) is 0 Å². The summed E-state index contributed by atoms with van der Waals surface area (Å²) < 4.78 is 0. The molecule has 0 aliphatic heterocycles. The maximum atomic E-state index is 11.6. The zero-order valence-electron chi connectivity index (χ0n) is 21.4. The standard InChI is InChI=1S/C26H53NO2.Li/c1-5-9-11-13-15-17-21-24(19-7-3)27(23-26(28)29)25(20-8-4)22-18-16-14-12-10-6-2;/h24-25H,5-23H2,1-4H3,(H,28,29);/q;+1/p-1. The van der Waals surface area contributed by atoms with Crippen LogP contribution in [-0.2, 0) is 4.79 Å². The van der Waals surface area contributed by atoms with Crippen molar-refractivity contribution in [1.29, 1.82) is 0 Å². The average Bonchev–Trinajstić information content (AvgIpc) is 2.69. The van der Waals surface area contributed by atoms with E-state index in [9.17, 15) is 9.90 Å². The number of carbonyl (C=O) groups is 1. The van der Waals surface area contributed by atoms with Gasteiger partial charge in [0.2, 0.25) is 0 Å². The SMILES string of the molecule is CCCCCCCCC(CCC)N(CC(=O)[O-])C(CCC)CCCCCCCC.[Li+].